The van der Waals surface area contributed by atoms with Crippen molar-refractivity contribution in [2.45, 2.75) is 6.92 Å². The lowest BCUT2D eigenvalue weighted by Crippen LogP contribution is -2.36. The Labute approximate surface area is 139 Å². The van der Waals surface area contributed by atoms with Crippen molar-refractivity contribution in [3.8, 4) is 11.5 Å². The normalized spacial score (nSPS) is 18.6. The molecule has 0 aliphatic carbocycles. The zero-order valence-corrected chi connectivity index (χ0v) is 13.1. The summed E-state index contributed by atoms with van der Waals surface area (Å²) in [5.74, 6) is 0.376. The van der Waals surface area contributed by atoms with Gasteiger partial charge in [0.2, 0.25) is 12.7 Å². The van der Waals surface area contributed by atoms with E-state index in [4.69, 9.17) is 9.47 Å². The third-order valence-electron chi connectivity index (χ3n) is 4.23. The molecule has 24 heavy (non-hydrogen) atoms. The number of benzene rings is 2. The third-order valence-corrected chi connectivity index (χ3v) is 4.23. The third kappa shape index (κ3) is 2.27. The lowest BCUT2D eigenvalue weighted by atomic mass is 10.1. The summed E-state index contributed by atoms with van der Waals surface area (Å²) in [6, 6.07) is 12.5. The maximum Gasteiger partial charge on any atom is 0.262 e. The summed E-state index contributed by atoms with van der Waals surface area (Å²) < 4.78 is 10.8. The van der Waals surface area contributed by atoms with E-state index in [0.717, 1.165) is 0 Å². The van der Waals surface area contributed by atoms with E-state index >= 15 is 0 Å². The van der Waals surface area contributed by atoms with Gasteiger partial charge in [0.1, 0.15) is 0 Å². The van der Waals surface area contributed by atoms with Crippen molar-refractivity contribution in [1.82, 2.24) is 0 Å². The summed E-state index contributed by atoms with van der Waals surface area (Å²) in [4.78, 5) is 27.0. The number of carbonyl (C=O) groups is 2. The number of fused-ring (bicyclic) bond motifs is 2. The first kappa shape index (κ1) is 14.6. The SMILES string of the molecule is CC1CN(C(=O)c2cccc3c2OCO3)c2ccccc2NC1=O. The van der Waals surface area contributed by atoms with Gasteiger partial charge in [-0.1, -0.05) is 25.1 Å². The van der Waals surface area contributed by atoms with E-state index in [1.807, 2.05) is 18.2 Å². The van der Waals surface area contributed by atoms with E-state index in [1.165, 1.54) is 0 Å². The van der Waals surface area contributed by atoms with Gasteiger partial charge in [-0.05, 0) is 24.3 Å². The molecule has 2 aliphatic heterocycles. The Morgan fingerprint density at radius 2 is 2.00 bits per heavy atom. The van der Waals surface area contributed by atoms with Crippen LogP contribution in [0, 0.1) is 5.92 Å². The number of hydrogen-bond acceptors (Lipinski definition) is 4. The Bertz CT molecular complexity index is 834. The van der Waals surface area contributed by atoms with Gasteiger partial charge in [0.05, 0.1) is 22.9 Å². The Balaban J connectivity index is 1.79. The lowest BCUT2D eigenvalue weighted by molar-refractivity contribution is -0.119. The number of nitrogens with zero attached hydrogens (tertiary/aromatic N) is 1. The molecule has 1 atom stereocenters. The van der Waals surface area contributed by atoms with Gasteiger partial charge in [-0.3, -0.25) is 9.59 Å². The van der Waals surface area contributed by atoms with Crippen molar-refractivity contribution in [3.63, 3.8) is 0 Å². The second-order valence-electron chi connectivity index (χ2n) is 5.86. The summed E-state index contributed by atoms with van der Waals surface area (Å²) in [7, 11) is 0. The quantitative estimate of drug-likeness (QED) is 0.876. The molecule has 0 spiro atoms. The van der Waals surface area contributed by atoms with E-state index < -0.39 is 0 Å². The van der Waals surface area contributed by atoms with Crippen LogP contribution in [-0.4, -0.2) is 25.2 Å². The molecule has 0 saturated carbocycles. The van der Waals surface area contributed by atoms with Gasteiger partial charge < -0.3 is 19.7 Å². The van der Waals surface area contributed by atoms with Gasteiger partial charge in [-0.2, -0.15) is 0 Å². The van der Waals surface area contributed by atoms with Crippen LogP contribution in [0.4, 0.5) is 11.4 Å². The molecule has 6 nitrogen and oxygen atoms in total. The number of amides is 2. The first-order valence-corrected chi connectivity index (χ1v) is 7.75. The Morgan fingerprint density at radius 3 is 2.88 bits per heavy atom. The molecule has 0 radical (unpaired) electrons. The fraction of sp³-hybridized carbons (Fsp3) is 0.222. The molecule has 0 bridgehead atoms. The van der Waals surface area contributed by atoms with E-state index in [2.05, 4.69) is 5.32 Å². The van der Waals surface area contributed by atoms with Gasteiger partial charge in [0, 0.05) is 6.54 Å². The fourth-order valence-corrected chi connectivity index (χ4v) is 2.96. The van der Waals surface area contributed by atoms with Crippen LogP contribution in [0.5, 0.6) is 11.5 Å². The van der Waals surface area contributed by atoms with Crippen LogP contribution in [0.25, 0.3) is 0 Å². The van der Waals surface area contributed by atoms with Crippen molar-refractivity contribution >= 4 is 23.2 Å². The first-order valence-electron chi connectivity index (χ1n) is 7.75. The van der Waals surface area contributed by atoms with Crippen molar-refractivity contribution in [3.05, 3.63) is 48.0 Å². The number of carbonyl (C=O) groups excluding carboxylic acids is 2. The second-order valence-corrected chi connectivity index (χ2v) is 5.86. The molecular weight excluding hydrogens is 308 g/mol. The number of anilines is 2. The van der Waals surface area contributed by atoms with Crippen LogP contribution in [0.3, 0.4) is 0 Å². The molecule has 1 N–H and O–H groups in total. The van der Waals surface area contributed by atoms with E-state index in [9.17, 15) is 9.59 Å². The molecule has 2 aliphatic rings. The number of ether oxygens (including phenoxy) is 2. The largest absolute Gasteiger partial charge is 0.454 e. The minimum absolute atomic E-state index is 0.101. The number of para-hydroxylation sites is 3. The van der Waals surface area contributed by atoms with Crippen LogP contribution in [0.2, 0.25) is 0 Å². The summed E-state index contributed by atoms with van der Waals surface area (Å²) in [5.41, 5.74) is 1.74. The minimum Gasteiger partial charge on any atom is -0.454 e. The van der Waals surface area contributed by atoms with Gasteiger partial charge in [0.15, 0.2) is 11.5 Å². The predicted molar refractivity (Wildman–Crippen MR) is 88.5 cm³/mol. The van der Waals surface area contributed by atoms with Crippen LogP contribution >= 0.6 is 0 Å². The van der Waals surface area contributed by atoms with Crippen LogP contribution in [0.15, 0.2) is 42.5 Å². The van der Waals surface area contributed by atoms with Gasteiger partial charge >= 0.3 is 0 Å². The van der Waals surface area contributed by atoms with E-state index in [-0.39, 0.29) is 24.5 Å². The molecule has 0 fully saturated rings. The summed E-state index contributed by atoms with van der Waals surface area (Å²) in [6.07, 6.45) is 0. The Morgan fingerprint density at radius 1 is 1.17 bits per heavy atom. The summed E-state index contributed by atoms with van der Waals surface area (Å²) in [6.45, 7) is 2.20. The highest BCUT2D eigenvalue weighted by molar-refractivity contribution is 6.12. The zero-order chi connectivity index (χ0) is 16.7. The highest BCUT2D eigenvalue weighted by atomic mass is 16.7. The smallest absolute Gasteiger partial charge is 0.262 e. The topological polar surface area (TPSA) is 67.9 Å². The van der Waals surface area contributed by atoms with E-state index in [1.54, 1.807) is 36.1 Å². The maximum atomic E-state index is 13.2. The zero-order valence-electron chi connectivity index (χ0n) is 13.1. The highest BCUT2D eigenvalue weighted by Gasteiger charge is 2.32. The van der Waals surface area contributed by atoms with Crippen LogP contribution in [-0.2, 0) is 4.79 Å². The van der Waals surface area contributed by atoms with Crippen LogP contribution in [0.1, 0.15) is 17.3 Å². The predicted octanol–water partition coefficient (Wildman–Crippen LogP) is 2.65. The highest BCUT2D eigenvalue weighted by Crippen LogP contribution is 2.38. The fourth-order valence-electron chi connectivity index (χ4n) is 2.96. The number of rotatable bonds is 1. The number of hydrogen-bond donors (Lipinski definition) is 1. The molecule has 122 valence electrons. The van der Waals surface area contributed by atoms with Gasteiger partial charge in [-0.25, -0.2) is 0 Å². The molecule has 6 heteroatoms. The molecule has 0 saturated heterocycles. The summed E-state index contributed by atoms with van der Waals surface area (Å²) >= 11 is 0. The molecule has 2 heterocycles. The molecule has 2 aromatic rings. The van der Waals surface area contributed by atoms with E-state index in [0.29, 0.717) is 35.0 Å². The Kier molecular flexibility index (Phi) is 3.37. The van der Waals surface area contributed by atoms with Gasteiger partial charge in [0.25, 0.3) is 5.91 Å². The number of nitrogens with one attached hydrogen (secondary N) is 1. The van der Waals surface area contributed by atoms with Crippen molar-refractivity contribution in [2.75, 3.05) is 23.6 Å². The molecule has 1 unspecified atom stereocenters. The molecule has 4 rings (SSSR count). The van der Waals surface area contributed by atoms with Gasteiger partial charge in [-0.15, -0.1) is 0 Å². The standard InChI is InChI=1S/C18H16N2O4/c1-11-9-20(14-7-3-2-6-13(14)19-17(11)21)18(22)12-5-4-8-15-16(12)24-10-23-15/h2-8,11H,9-10H2,1H3,(H,19,21). The molecular formula is C18H16N2O4. The monoisotopic (exact) mass is 324 g/mol. The average molecular weight is 324 g/mol. The average Bonchev–Trinajstić information content (AvgIpc) is 3.03. The van der Waals surface area contributed by atoms with Crippen LogP contribution < -0.4 is 19.7 Å². The Hall–Kier alpha value is -3.02. The van der Waals surface area contributed by atoms with Crippen molar-refractivity contribution < 1.29 is 19.1 Å². The maximum absolute atomic E-state index is 13.2. The minimum atomic E-state index is -0.324. The molecule has 2 amide bonds. The molecule has 2 aromatic carbocycles. The lowest BCUT2D eigenvalue weighted by Gasteiger charge is -2.24. The first-order chi connectivity index (χ1) is 11.6. The van der Waals surface area contributed by atoms with Crippen molar-refractivity contribution in [1.29, 1.82) is 0 Å². The summed E-state index contributed by atoms with van der Waals surface area (Å²) in [5, 5.41) is 2.87. The second kappa shape index (κ2) is 5.56. The van der Waals surface area contributed by atoms with Crippen molar-refractivity contribution in [2.24, 2.45) is 5.92 Å². The molecule has 0 aromatic heterocycles.